The molecule has 0 aromatic rings. The van der Waals surface area contributed by atoms with Crippen LogP contribution in [0.15, 0.2) is 0 Å². The molecule has 14 heavy (non-hydrogen) atoms. The summed E-state index contributed by atoms with van der Waals surface area (Å²) in [5, 5.41) is 9.64. The lowest BCUT2D eigenvalue weighted by atomic mass is 9.91. The molecule has 1 aliphatic rings. The molecule has 1 heterocycles. The first-order valence-electron chi connectivity index (χ1n) is 5.77. The first-order chi connectivity index (χ1) is 6.37. The predicted octanol–water partition coefficient (Wildman–Crippen LogP) is 2.13. The maximum absolute atomic E-state index is 9.64. The van der Waals surface area contributed by atoms with Crippen LogP contribution >= 0.6 is 0 Å². The fourth-order valence-corrected chi connectivity index (χ4v) is 2.10. The number of aliphatic hydroxyl groups excluding tert-OH is 1. The summed E-state index contributed by atoms with van der Waals surface area (Å²) in [6, 6.07) is 0. The van der Waals surface area contributed by atoms with E-state index in [2.05, 4.69) is 32.6 Å². The molecule has 0 radical (unpaired) electrons. The summed E-state index contributed by atoms with van der Waals surface area (Å²) >= 11 is 0. The van der Waals surface area contributed by atoms with Gasteiger partial charge in [-0.25, -0.2) is 0 Å². The molecule has 1 fully saturated rings. The predicted molar refractivity (Wildman–Crippen MR) is 60.3 cm³/mol. The molecule has 0 aromatic carbocycles. The average Bonchev–Trinajstić information content (AvgIpc) is 1.97. The topological polar surface area (TPSA) is 23.5 Å². The van der Waals surface area contributed by atoms with E-state index in [9.17, 15) is 5.11 Å². The van der Waals surface area contributed by atoms with Crippen LogP contribution in [0.2, 0.25) is 0 Å². The third-order valence-electron chi connectivity index (χ3n) is 2.89. The summed E-state index contributed by atoms with van der Waals surface area (Å²) < 4.78 is 0. The highest BCUT2D eigenvalue weighted by Crippen LogP contribution is 2.22. The average molecular weight is 199 g/mol. The fourth-order valence-electron chi connectivity index (χ4n) is 2.10. The van der Waals surface area contributed by atoms with Crippen LogP contribution in [0, 0.1) is 11.3 Å². The van der Waals surface area contributed by atoms with E-state index in [1.54, 1.807) is 0 Å². The van der Waals surface area contributed by atoms with E-state index in [4.69, 9.17) is 0 Å². The third-order valence-corrected chi connectivity index (χ3v) is 2.89. The molecule has 1 N–H and O–H groups in total. The molecule has 0 bridgehead atoms. The molecule has 2 heteroatoms. The zero-order valence-corrected chi connectivity index (χ0v) is 10.1. The van der Waals surface area contributed by atoms with E-state index in [1.165, 1.54) is 6.42 Å². The van der Waals surface area contributed by atoms with Crippen molar-refractivity contribution in [3.8, 4) is 0 Å². The van der Waals surface area contributed by atoms with Crippen molar-refractivity contribution >= 4 is 0 Å². The maximum Gasteiger partial charge on any atom is 0.0670 e. The largest absolute Gasteiger partial charge is 0.392 e. The Labute approximate surface area is 88.3 Å². The van der Waals surface area contributed by atoms with Gasteiger partial charge in [0.25, 0.3) is 0 Å². The molecule has 0 saturated carbocycles. The monoisotopic (exact) mass is 199 g/mol. The first-order valence-corrected chi connectivity index (χ1v) is 5.77. The molecule has 1 aliphatic heterocycles. The number of hydrogen-bond acceptors (Lipinski definition) is 2. The van der Waals surface area contributed by atoms with Crippen LogP contribution in [0.3, 0.4) is 0 Å². The van der Waals surface area contributed by atoms with Crippen molar-refractivity contribution in [3.63, 3.8) is 0 Å². The number of hydrogen-bond donors (Lipinski definition) is 1. The quantitative estimate of drug-likeness (QED) is 0.736. The summed E-state index contributed by atoms with van der Waals surface area (Å²) in [6.45, 7) is 12.2. The second-order valence-electron chi connectivity index (χ2n) is 6.06. The highest BCUT2D eigenvalue weighted by Gasteiger charge is 2.23. The molecule has 2 atom stereocenters. The number of likely N-dealkylation sites (tertiary alicyclic amines) is 1. The zero-order valence-electron chi connectivity index (χ0n) is 10.1. The van der Waals surface area contributed by atoms with Crippen molar-refractivity contribution < 1.29 is 5.11 Å². The molecule has 84 valence electrons. The van der Waals surface area contributed by atoms with Crippen molar-refractivity contribution in [3.05, 3.63) is 0 Å². The van der Waals surface area contributed by atoms with Gasteiger partial charge >= 0.3 is 0 Å². The molecule has 1 rings (SSSR count). The van der Waals surface area contributed by atoms with Gasteiger partial charge in [0.1, 0.15) is 0 Å². The van der Waals surface area contributed by atoms with Gasteiger partial charge in [-0.1, -0.05) is 27.7 Å². The lowest BCUT2D eigenvalue weighted by Gasteiger charge is -2.35. The van der Waals surface area contributed by atoms with E-state index in [1.807, 2.05) is 0 Å². The molecule has 0 unspecified atom stereocenters. The van der Waals surface area contributed by atoms with Gasteiger partial charge in [-0.15, -0.1) is 0 Å². The summed E-state index contributed by atoms with van der Waals surface area (Å²) in [5.74, 6) is 0.652. The normalized spacial score (nSPS) is 30.6. The molecule has 0 aliphatic carbocycles. The van der Waals surface area contributed by atoms with Gasteiger partial charge in [0.05, 0.1) is 6.10 Å². The Balaban J connectivity index is 2.30. The smallest absolute Gasteiger partial charge is 0.0670 e. The van der Waals surface area contributed by atoms with Gasteiger partial charge in [-0.05, 0) is 30.7 Å². The van der Waals surface area contributed by atoms with Crippen LogP contribution in [0.5, 0.6) is 0 Å². The van der Waals surface area contributed by atoms with Crippen LogP contribution in [0.25, 0.3) is 0 Å². The summed E-state index contributed by atoms with van der Waals surface area (Å²) in [6.07, 6.45) is 2.09. The molecule has 0 spiro atoms. The highest BCUT2D eigenvalue weighted by atomic mass is 16.3. The van der Waals surface area contributed by atoms with Crippen LogP contribution in [0.1, 0.15) is 40.5 Å². The molecular formula is C12H25NO. The minimum Gasteiger partial charge on any atom is -0.392 e. The molecular weight excluding hydrogens is 174 g/mol. The van der Waals surface area contributed by atoms with Gasteiger partial charge in [-0.2, -0.15) is 0 Å². The number of rotatable bonds is 2. The number of β-amino-alcohol motifs (C(OH)–C–C–N with tert-alkyl or cyclic N) is 1. The maximum atomic E-state index is 9.64. The minimum absolute atomic E-state index is 0.0984. The van der Waals surface area contributed by atoms with Crippen molar-refractivity contribution in [2.24, 2.45) is 11.3 Å². The van der Waals surface area contributed by atoms with Crippen molar-refractivity contribution in [2.45, 2.75) is 46.6 Å². The fraction of sp³-hybridized carbons (Fsp3) is 1.00. The van der Waals surface area contributed by atoms with Gasteiger partial charge in [0, 0.05) is 13.1 Å². The molecule has 1 saturated heterocycles. The Morgan fingerprint density at radius 1 is 1.29 bits per heavy atom. The van der Waals surface area contributed by atoms with Crippen LogP contribution < -0.4 is 0 Å². The Hall–Kier alpha value is -0.0800. The second kappa shape index (κ2) is 4.63. The van der Waals surface area contributed by atoms with Gasteiger partial charge in [0.2, 0.25) is 0 Å². The summed E-state index contributed by atoms with van der Waals surface area (Å²) in [4.78, 5) is 2.41. The van der Waals surface area contributed by atoms with Crippen LogP contribution in [-0.2, 0) is 0 Å². The van der Waals surface area contributed by atoms with E-state index in [0.29, 0.717) is 11.3 Å². The standard InChI is InChI=1S/C12H25NO/c1-10-7-11(14)9-13(8-10)6-5-12(2,3)4/h10-11,14H,5-9H2,1-4H3/t10-,11+/m1/s1. The second-order valence-corrected chi connectivity index (χ2v) is 6.06. The number of aliphatic hydroxyl groups is 1. The van der Waals surface area contributed by atoms with Gasteiger partial charge < -0.3 is 10.0 Å². The third kappa shape index (κ3) is 4.43. The Bertz CT molecular complexity index is 164. The SMILES string of the molecule is C[C@@H]1C[C@H](O)CN(CCC(C)(C)C)C1. The lowest BCUT2D eigenvalue weighted by molar-refractivity contribution is 0.0397. The Morgan fingerprint density at radius 3 is 2.43 bits per heavy atom. The van der Waals surface area contributed by atoms with E-state index in [0.717, 1.165) is 26.1 Å². The Kier molecular flexibility index (Phi) is 3.96. The van der Waals surface area contributed by atoms with Gasteiger partial charge in [0.15, 0.2) is 0 Å². The molecule has 2 nitrogen and oxygen atoms in total. The summed E-state index contributed by atoms with van der Waals surface area (Å²) in [7, 11) is 0. The van der Waals surface area contributed by atoms with E-state index in [-0.39, 0.29) is 6.10 Å². The number of piperidine rings is 1. The van der Waals surface area contributed by atoms with Crippen molar-refractivity contribution in [1.29, 1.82) is 0 Å². The van der Waals surface area contributed by atoms with Crippen LogP contribution in [-0.4, -0.2) is 35.7 Å². The zero-order chi connectivity index (χ0) is 10.8. The Morgan fingerprint density at radius 2 is 1.93 bits per heavy atom. The van der Waals surface area contributed by atoms with Crippen LogP contribution in [0.4, 0.5) is 0 Å². The minimum atomic E-state index is -0.0984. The molecule has 0 amide bonds. The van der Waals surface area contributed by atoms with Crippen molar-refractivity contribution in [2.75, 3.05) is 19.6 Å². The first kappa shape index (κ1) is 12.0. The lowest BCUT2D eigenvalue weighted by Crippen LogP contribution is -2.43. The van der Waals surface area contributed by atoms with Gasteiger partial charge in [-0.3, -0.25) is 0 Å². The molecule has 0 aromatic heterocycles. The van der Waals surface area contributed by atoms with E-state index < -0.39 is 0 Å². The number of nitrogens with zero attached hydrogens (tertiary/aromatic N) is 1. The summed E-state index contributed by atoms with van der Waals surface area (Å²) in [5.41, 5.74) is 0.408. The van der Waals surface area contributed by atoms with Crippen molar-refractivity contribution in [1.82, 2.24) is 4.90 Å². The van der Waals surface area contributed by atoms with E-state index >= 15 is 0 Å². The highest BCUT2D eigenvalue weighted by molar-refractivity contribution is 4.77.